The summed E-state index contributed by atoms with van der Waals surface area (Å²) >= 11 is 0. The van der Waals surface area contributed by atoms with Gasteiger partial charge in [0.25, 0.3) is 0 Å². The summed E-state index contributed by atoms with van der Waals surface area (Å²) < 4.78 is 0. The van der Waals surface area contributed by atoms with Crippen LogP contribution in [0.3, 0.4) is 0 Å². The lowest BCUT2D eigenvalue weighted by molar-refractivity contribution is -0.138. The Kier molecular flexibility index (Phi) is 4.68. The lowest BCUT2D eigenvalue weighted by atomic mass is 9.94. The minimum absolute atomic E-state index is 0.188. The summed E-state index contributed by atoms with van der Waals surface area (Å²) in [5.74, 6) is -2.49. The molecule has 1 unspecified atom stereocenters. The largest absolute Gasteiger partial charge is 0.481 e. The number of amides is 1. The standard InChI is InChI=1S/C7H12N2O4/c8-5(3-10)4(1-6(9)11)2-7(12)13/h3-5H,1-2,8H2,(H2,9,11)(H,12,13)/t4?,5-/m0/s1. The monoisotopic (exact) mass is 188 g/mol. The van der Waals surface area contributed by atoms with Gasteiger partial charge < -0.3 is 21.4 Å². The predicted octanol–water partition coefficient (Wildman–Crippen LogP) is -1.52. The maximum absolute atomic E-state index is 10.5. The van der Waals surface area contributed by atoms with E-state index >= 15 is 0 Å². The van der Waals surface area contributed by atoms with E-state index in [1.165, 1.54) is 0 Å². The van der Waals surface area contributed by atoms with Crippen molar-refractivity contribution >= 4 is 18.2 Å². The summed E-state index contributed by atoms with van der Waals surface area (Å²) in [5.41, 5.74) is 10.1. The highest BCUT2D eigenvalue weighted by atomic mass is 16.4. The fraction of sp³-hybridized carbons (Fsp3) is 0.571. The van der Waals surface area contributed by atoms with Crippen LogP contribution in [-0.2, 0) is 14.4 Å². The van der Waals surface area contributed by atoms with Crippen molar-refractivity contribution < 1.29 is 19.5 Å². The number of carbonyl (C=O) groups is 3. The van der Waals surface area contributed by atoms with Gasteiger partial charge in [0.15, 0.2) is 0 Å². The van der Waals surface area contributed by atoms with Crippen molar-refractivity contribution in [3.8, 4) is 0 Å². The summed E-state index contributed by atoms with van der Waals surface area (Å²) in [7, 11) is 0. The quantitative estimate of drug-likeness (QED) is 0.436. The van der Waals surface area contributed by atoms with Gasteiger partial charge in [0, 0.05) is 6.42 Å². The molecular formula is C7H12N2O4. The molecule has 0 aromatic carbocycles. The molecule has 0 heterocycles. The molecule has 0 rings (SSSR count). The van der Waals surface area contributed by atoms with Gasteiger partial charge in [0.2, 0.25) is 5.91 Å². The summed E-state index contributed by atoms with van der Waals surface area (Å²) in [6.07, 6.45) is -0.106. The molecule has 0 saturated carbocycles. The summed E-state index contributed by atoms with van der Waals surface area (Å²) in [6, 6.07) is -0.955. The highest BCUT2D eigenvalue weighted by molar-refractivity contribution is 5.76. The van der Waals surface area contributed by atoms with Gasteiger partial charge in [-0.3, -0.25) is 9.59 Å². The highest BCUT2D eigenvalue weighted by Gasteiger charge is 2.22. The Labute approximate surface area is 74.9 Å². The third-order valence-corrected chi connectivity index (χ3v) is 1.60. The Hall–Kier alpha value is -1.43. The number of carbonyl (C=O) groups excluding carboxylic acids is 2. The molecule has 5 N–H and O–H groups in total. The summed E-state index contributed by atoms with van der Waals surface area (Å²) in [4.78, 5) is 31.0. The number of rotatable bonds is 6. The third-order valence-electron chi connectivity index (χ3n) is 1.60. The van der Waals surface area contributed by atoms with Crippen LogP contribution >= 0.6 is 0 Å². The second-order valence-corrected chi connectivity index (χ2v) is 2.74. The van der Waals surface area contributed by atoms with Crippen LogP contribution in [-0.4, -0.2) is 29.3 Å². The molecule has 0 saturated heterocycles. The molecule has 1 amide bonds. The molecule has 6 heteroatoms. The van der Waals surface area contributed by atoms with Crippen LogP contribution in [0.4, 0.5) is 0 Å². The Balaban J connectivity index is 4.25. The molecule has 0 aromatic rings. The number of carboxylic acids is 1. The molecule has 74 valence electrons. The first-order valence-electron chi connectivity index (χ1n) is 3.68. The molecule has 0 aromatic heterocycles. The molecule has 6 nitrogen and oxygen atoms in total. The summed E-state index contributed by atoms with van der Waals surface area (Å²) in [6.45, 7) is 0. The van der Waals surface area contributed by atoms with Crippen molar-refractivity contribution in [2.24, 2.45) is 17.4 Å². The Morgan fingerprint density at radius 2 is 1.92 bits per heavy atom. The van der Waals surface area contributed by atoms with Crippen LogP contribution in [0.1, 0.15) is 12.8 Å². The van der Waals surface area contributed by atoms with E-state index in [2.05, 4.69) is 0 Å². The first-order valence-corrected chi connectivity index (χ1v) is 3.68. The van der Waals surface area contributed by atoms with E-state index in [1.54, 1.807) is 0 Å². The van der Waals surface area contributed by atoms with E-state index in [4.69, 9.17) is 16.6 Å². The molecule has 0 aliphatic carbocycles. The molecule has 0 radical (unpaired) electrons. The lowest BCUT2D eigenvalue weighted by Gasteiger charge is -2.15. The molecule has 0 aliphatic heterocycles. The zero-order chi connectivity index (χ0) is 10.4. The van der Waals surface area contributed by atoms with E-state index in [-0.39, 0.29) is 12.8 Å². The maximum Gasteiger partial charge on any atom is 0.303 e. The average Bonchev–Trinajstić information content (AvgIpc) is 2.00. The second kappa shape index (κ2) is 5.26. The average molecular weight is 188 g/mol. The third kappa shape index (κ3) is 4.91. The smallest absolute Gasteiger partial charge is 0.303 e. The first-order chi connectivity index (χ1) is 5.97. The van der Waals surface area contributed by atoms with Gasteiger partial charge in [-0.25, -0.2) is 0 Å². The molecule has 0 aliphatic rings. The summed E-state index contributed by atoms with van der Waals surface area (Å²) in [5, 5.41) is 8.42. The molecule has 0 spiro atoms. The fourth-order valence-corrected chi connectivity index (χ4v) is 0.938. The first kappa shape index (κ1) is 11.6. The maximum atomic E-state index is 10.5. The number of aldehydes is 1. The Morgan fingerprint density at radius 3 is 2.23 bits per heavy atom. The van der Waals surface area contributed by atoms with Gasteiger partial charge in [0.05, 0.1) is 12.5 Å². The van der Waals surface area contributed by atoms with E-state index in [0.29, 0.717) is 6.29 Å². The van der Waals surface area contributed by atoms with Crippen LogP contribution in [0.25, 0.3) is 0 Å². The van der Waals surface area contributed by atoms with Crippen LogP contribution in [0.5, 0.6) is 0 Å². The number of nitrogens with two attached hydrogens (primary N) is 2. The van der Waals surface area contributed by atoms with E-state index in [1.807, 2.05) is 0 Å². The zero-order valence-electron chi connectivity index (χ0n) is 6.97. The van der Waals surface area contributed by atoms with Gasteiger partial charge in [0.1, 0.15) is 6.29 Å². The molecule has 13 heavy (non-hydrogen) atoms. The van der Waals surface area contributed by atoms with Gasteiger partial charge in [-0.15, -0.1) is 0 Å². The number of hydrogen-bond acceptors (Lipinski definition) is 4. The second-order valence-electron chi connectivity index (χ2n) is 2.74. The normalized spacial score (nSPS) is 14.5. The Bertz CT molecular complexity index is 201. The van der Waals surface area contributed by atoms with Crippen molar-refractivity contribution in [2.45, 2.75) is 18.9 Å². The van der Waals surface area contributed by atoms with Gasteiger partial charge in [-0.2, -0.15) is 0 Å². The molecule has 2 atom stereocenters. The SMILES string of the molecule is NC(=O)CC(CC(=O)O)[C@@H](N)C=O. The van der Waals surface area contributed by atoms with Crippen LogP contribution in [0.15, 0.2) is 0 Å². The van der Waals surface area contributed by atoms with Gasteiger partial charge in [-0.05, 0) is 5.92 Å². The van der Waals surface area contributed by atoms with E-state index in [0.717, 1.165) is 0 Å². The fourth-order valence-electron chi connectivity index (χ4n) is 0.938. The zero-order valence-corrected chi connectivity index (χ0v) is 6.97. The Morgan fingerprint density at radius 1 is 1.38 bits per heavy atom. The predicted molar refractivity (Wildman–Crippen MR) is 43.6 cm³/mol. The van der Waals surface area contributed by atoms with Crippen molar-refractivity contribution in [3.63, 3.8) is 0 Å². The van der Waals surface area contributed by atoms with Crippen LogP contribution in [0, 0.1) is 5.92 Å². The van der Waals surface area contributed by atoms with E-state index < -0.39 is 23.8 Å². The van der Waals surface area contributed by atoms with E-state index in [9.17, 15) is 14.4 Å². The topological polar surface area (TPSA) is 123 Å². The number of carboxylic acid groups (broad SMARTS) is 1. The minimum atomic E-state index is -1.11. The molecule has 0 bridgehead atoms. The molecule has 0 fully saturated rings. The van der Waals surface area contributed by atoms with Crippen molar-refractivity contribution in [1.29, 1.82) is 0 Å². The lowest BCUT2D eigenvalue weighted by Crippen LogP contribution is -2.35. The van der Waals surface area contributed by atoms with Crippen LogP contribution in [0.2, 0.25) is 0 Å². The highest BCUT2D eigenvalue weighted by Crippen LogP contribution is 2.10. The van der Waals surface area contributed by atoms with Crippen molar-refractivity contribution in [3.05, 3.63) is 0 Å². The molecular weight excluding hydrogens is 176 g/mol. The van der Waals surface area contributed by atoms with Gasteiger partial charge >= 0.3 is 5.97 Å². The number of aliphatic carboxylic acids is 1. The minimum Gasteiger partial charge on any atom is -0.481 e. The van der Waals surface area contributed by atoms with Crippen molar-refractivity contribution in [2.75, 3.05) is 0 Å². The van der Waals surface area contributed by atoms with Gasteiger partial charge in [-0.1, -0.05) is 0 Å². The van der Waals surface area contributed by atoms with Crippen molar-refractivity contribution in [1.82, 2.24) is 0 Å². The van der Waals surface area contributed by atoms with Crippen LogP contribution < -0.4 is 11.5 Å². The number of primary amides is 1. The number of hydrogen-bond donors (Lipinski definition) is 3.